The number of phenolic OH excluding ortho intramolecular Hbond substituents is 1. The molecule has 0 radical (unpaired) electrons. The van der Waals surface area contributed by atoms with E-state index in [0.717, 1.165) is 49.7 Å². The number of allylic oxidation sites excluding steroid dienone is 1. The normalized spacial score (nSPS) is 44.4. The van der Waals surface area contributed by atoms with Gasteiger partial charge in [0.25, 0.3) is 0 Å². The van der Waals surface area contributed by atoms with Gasteiger partial charge in [-0.3, -0.25) is 4.79 Å². The minimum Gasteiger partial charge on any atom is -0.508 e. The summed E-state index contributed by atoms with van der Waals surface area (Å²) in [5.74, 6) is 0.0102. The maximum Gasteiger partial charge on any atom is 0.331 e. The Hall–Kier alpha value is -2.60. The van der Waals surface area contributed by atoms with E-state index in [4.69, 9.17) is 4.74 Å². The van der Waals surface area contributed by atoms with Gasteiger partial charge in [0.2, 0.25) is 0 Å². The zero-order valence-electron chi connectivity index (χ0n) is 27.4. The molecule has 4 fully saturated rings. The maximum absolute atomic E-state index is 13.9. The molecule has 1 aromatic carbocycles. The lowest BCUT2D eigenvalue weighted by molar-refractivity contribution is -0.238. The fourth-order valence-electron chi connectivity index (χ4n) is 11.6. The van der Waals surface area contributed by atoms with Crippen molar-refractivity contribution in [3.63, 3.8) is 0 Å². The number of rotatable bonds is 4. The number of aromatic hydroxyl groups is 1. The van der Waals surface area contributed by atoms with E-state index in [1.54, 1.807) is 30.3 Å². The summed E-state index contributed by atoms with van der Waals surface area (Å²) in [6, 6.07) is 6.71. The van der Waals surface area contributed by atoms with Crippen LogP contribution in [0.2, 0.25) is 0 Å². The number of hydrogen-bond acceptors (Lipinski definition) is 5. The molecule has 0 aliphatic heterocycles. The highest BCUT2D eigenvalue weighted by molar-refractivity contribution is 5.88. The van der Waals surface area contributed by atoms with Crippen molar-refractivity contribution in [2.45, 2.75) is 111 Å². The lowest BCUT2D eigenvalue weighted by Gasteiger charge is -2.70. The number of aliphatic hydroxyl groups is 1. The van der Waals surface area contributed by atoms with E-state index in [1.165, 1.54) is 6.08 Å². The van der Waals surface area contributed by atoms with Crippen LogP contribution in [0.15, 0.2) is 42.0 Å². The highest BCUT2D eigenvalue weighted by Crippen LogP contribution is 2.74. The van der Waals surface area contributed by atoms with E-state index < -0.39 is 23.0 Å². The third-order valence-corrected chi connectivity index (χ3v) is 14.3. The SMILES string of the molecule is C[C@@H]1CC[C@]2(C(=O)O)CCC3(OC(=O)/C=C/c4ccc(O)cc4)C(=CCC4[C@@]5(C)CC[C@H](O)C(C)(C)C5CC[C@]43C)C2[C@H]1C. The summed E-state index contributed by atoms with van der Waals surface area (Å²) in [7, 11) is 0. The van der Waals surface area contributed by atoms with Gasteiger partial charge < -0.3 is 20.1 Å². The van der Waals surface area contributed by atoms with Crippen molar-refractivity contribution in [3.8, 4) is 5.75 Å². The van der Waals surface area contributed by atoms with E-state index in [0.29, 0.717) is 31.1 Å². The number of fused-ring (bicyclic) bond motifs is 7. The van der Waals surface area contributed by atoms with Crippen molar-refractivity contribution in [3.05, 3.63) is 47.6 Å². The molecule has 3 N–H and O–H groups in total. The number of carbonyl (C=O) groups excluding carboxylic acids is 1. The van der Waals surface area contributed by atoms with E-state index in [1.807, 2.05) is 0 Å². The average Bonchev–Trinajstić information content (AvgIpc) is 2.97. The number of phenols is 1. The summed E-state index contributed by atoms with van der Waals surface area (Å²) in [6.45, 7) is 13.7. The fraction of sp³-hybridized carbons (Fsp3) is 0.684. The number of ether oxygens (including phenoxy) is 1. The van der Waals surface area contributed by atoms with Crippen LogP contribution in [0.4, 0.5) is 0 Å². The minimum absolute atomic E-state index is 0.0359. The number of benzene rings is 1. The lowest BCUT2D eigenvalue weighted by atomic mass is 9.35. The van der Waals surface area contributed by atoms with Gasteiger partial charge in [-0.1, -0.05) is 59.8 Å². The molecule has 6 nitrogen and oxygen atoms in total. The lowest BCUT2D eigenvalue weighted by Crippen LogP contribution is -2.69. The Labute approximate surface area is 263 Å². The molecule has 1 aromatic rings. The topological polar surface area (TPSA) is 104 Å². The Morgan fingerprint density at radius 2 is 1.61 bits per heavy atom. The third-order valence-electron chi connectivity index (χ3n) is 14.3. The molecule has 6 heteroatoms. The Morgan fingerprint density at radius 3 is 2.30 bits per heavy atom. The predicted molar refractivity (Wildman–Crippen MR) is 170 cm³/mol. The van der Waals surface area contributed by atoms with Crippen molar-refractivity contribution < 1.29 is 29.6 Å². The molecule has 4 saturated carbocycles. The first kappa shape index (κ1) is 31.4. The number of carboxylic acids is 1. The van der Waals surface area contributed by atoms with Crippen LogP contribution in [0.25, 0.3) is 6.08 Å². The summed E-state index contributed by atoms with van der Waals surface area (Å²) >= 11 is 0. The molecule has 240 valence electrons. The molecule has 0 bridgehead atoms. The van der Waals surface area contributed by atoms with Gasteiger partial charge in [0, 0.05) is 17.4 Å². The van der Waals surface area contributed by atoms with E-state index in [9.17, 15) is 24.9 Å². The first-order valence-corrected chi connectivity index (χ1v) is 16.9. The standard InChI is InChI=1S/C38H52O6/c1-23-15-20-37(33(42)43)21-22-38(44-31(41)14-9-25-7-10-26(39)11-8-25)27(32(37)24(23)2)12-13-29-35(5)18-17-30(40)34(3,4)28(35)16-19-36(29,38)6/h7-12,14,23-24,28-30,32,39-40H,13,15-22H2,1-6H3,(H,42,43)/b14-9+/t23-,24+,28?,29?,30+,32?,35+,36-,37+,38?/m1/s1. The smallest absolute Gasteiger partial charge is 0.331 e. The monoisotopic (exact) mass is 604 g/mol. The Morgan fingerprint density at radius 1 is 0.909 bits per heavy atom. The highest BCUT2D eigenvalue weighted by atomic mass is 16.6. The van der Waals surface area contributed by atoms with Gasteiger partial charge >= 0.3 is 11.9 Å². The second kappa shape index (κ2) is 10.5. The summed E-state index contributed by atoms with van der Waals surface area (Å²) in [6.07, 6.45) is 12.2. The molecular weight excluding hydrogens is 552 g/mol. The number of hydrogen-bond donors (Lipinski definition) is 3. The zero-order valence-corrected chi connectivity index (χ0v) is 27.4. The van der Waals surface area contributed by atoms with Crippen molar-refractivity contribution in [2.24, 2.45) is 51.2 Å². The quantitative estimate of drug-likeness (QED) is 0.184. The van der Waals surface area contributed by atoms with Gasteiger partial charge in [-0.15, -0.1) is 0 Å². The van der Waals surface area contributed by atoms with Crippen LogP contribution < -0.4 is 0 Å². The van der Waals surface area contributed by atoms with Gasteiger partial charge in [-0.25, -0.2) is 4.79 Å². The van der Waals surface area contributed by atoms with Crippen LogP contribution >= 0.6 is 0 Å². The second-order valence-corrected chi connectivity index (χ2v) is 16.3. The van der Waals surface area contributed by atoms with Crippen LogP contribution in [0, 0.1) is 51.2 Å². The largest absolute Gasteiger partial charge is 0.508 e. The maximum atomic E-state index is 13.9. The Bertz CT molecular complexity index is 1380. The summed E-state index contributed by atoms with van der Waals surface area (Å²) in [5.41, 5.74) is -0.480. The van der Waals surface area contributed by atoms with Crippen LogP contribution in [0.3, 0.4) is 0 Å². The number of aliphatic hydroxyl groups excluding tert-OH is 1. The second-order valence-electron chi connectivity index (χ2n) is 16.3. The third kappa shape index (κ3) is 4.29. The first-order valence-electron chi connectivity index (χ1n) is 16.9. The molecule has 0 heterocycles. The molecule has 5 aliphatic rings. The molecule has 10 atom stereocenters. The van der Waals surface area contributed by atoms with Gasteiger partial charge in [-0.05, 0) is 122 Å². The van der Waals surface area contributed by atoms with E-state index in [-0.39, 0.29) is 45.9 Å². The number of esters is 1. The molecule has 44 heavy (non-hydrogen) atoms. The molecule has 5 aliphatic carbocycles. The highest BCUT2D eigenvalue weighted by Gasteiger charge is 2.72. The van der Waals surface area contributed by atoms with Crippen molar-refractivity contribution >= 4 is 18.0 Å². The van der Waals surface area contributed by atoms with Crippen LogP contribution in [0.5, 0.6) is 5.75 Å². The van der Waals surface area contributed by atoms with Gasteiger partial charge in [0.05, 0.1) is 11.5 Å². The summed E-state index contributed by atoms with van der Waals surface area (Å²) in [4.78, 5) is 27.1. The van der Waals surface area contributed by atoms with Gasteiger partial charge in [-0.2, -0.15) is 0 Å². The molecule has 0 spiro atoms. The van der Waals surface area contributed by atoms with Crippen molar-refractivity contribution in [1.82, 2.24) is 0 Å². The number of carboxylic acid groups (broad SMARTS) is 1. The van der Waals surface area contributed by atoms with Crippen molar-refractivity contribution in [2.75, 3.05) is 0 Å². The fourth-order valence-corrected chi connectivity index (χ4v) is 11.6. The molecular formula is C38H52O6. The molecule has 6 rings (SSSR count). The minimum atomic E-state index is -0.893. The molecule has 0 amide bonds. The summed E-state index contributed by atoms with van der Waals surface area (Å²) < 4.78 is 6.87. The zero-order chi connectivity index (χ0) is 31.9. The summed E-state index contributed by atoms with van der Waals surface area (Å²) in [5, 5.41) is 31.6. The first-order chi connectivity index (χ1) is 20.6. The van der Waals surface area contributed by atoms with Gasteiger partial charge in [0.15, 0.2) is 0 Å². The van der Waals surface area contributed by atoms with Crippen molar-refractivity contribution in [1.29, 1.82) is 0 Å². The Balaban J connectivity index is 1.47. The Kier molecular flexibility index (Phi) is 7.47. The van der Waals surface area contributed by atoms with E-state index >= 15 is 0 Å². The average molecular weight is 605 g/mol. The molecule has 0 saturated heterocycles. The molecule has 4 unspecified atom stereocenters. The van der Waals surface area contributed by atoms with Crippen LogP contribution in [0.1, 0.15) is 105 Å². The number of carbonyl (C=O) groups is 2. The predicted octanol–water partition coefficient (Wildman–Crippen LogP) is 7.78. The van der Waals surface area contributed by atoms with E-state index in [2.05, 4.69) is 47.6 Å². The van der Waals surface area contributed by atoms with Crippen LogP contribution in [-0.2, 0) is 14.3 Å². The van der Waals surface area contributed by atoms with Crippen LogP contribution in [-0.4, -0.2) is 39.0 Å². The molecule has 0 aromatic heterocycles. The van der Waals surface area contributed by atoms with Gasteiger partial charge in [0.1, 0.15) is 11.4 Å². The number of aliphatic carboxylic acids is 1.